The smallest absolute Gasteiger partial charge is 0.322 e. The summed E-state index contributed by atoms with van der Waals surface area (Å²) in [6, 6.07) is 0.738. The molecular weight excluding hydrogens is 288 g/mol. The van der Waals surface area contributed by atoms with Gasteiger partial charge in [-0.05, 0) is 25.2 Å². The van der Waals surface area contributed by atoms with Crippen LogP contribution in [0.15, 0.2) is 0 Å². The fraction of sp³-hybridized carbons (Fsp3) is 0.818. The Bertz CT molecular complexity index is 509. The maximum Gasteiger partial charge on any atom is 0.322 e. The number of rotatable bonds is 5. The average Bonchev–Trinajstić information content (AvgIpc) is 3.08. The van der Waals surface area contributed by atoms with Crippen LogP contribution in [0.1, 0.15) is 26.2 Å². The van der Waals surface area contributed by atoms with Gasteiger partial charge >= 0.3 is 5.97 Å². The second-order valence-electron chi connectivity index (χ2n) is 4.82. The maximum atomic E-state index is 12.5. The van der Waals surface area contributed by atoms with Crippen LogP contribution in [0.25, 0.3) is 0 Å². The van der Waals surface area contributed by atoms with Crippen molar-refractivity contribution in [2.24, 2.45) is 5.92 Å². The number of nitriles is 1. The predicted octanol–water partition coefficient (Wildman–Crippen LogP) is 0.856. The van der Waals surface area contributed by atoms with Gasteiger partial charge in [0.1, 0.15) is 6.04 Å². The van der Waals surface area contributed by atoms with Gasteiger partial charge in [0.25, 0.3) is 0 Å². The highest BCUT2D eigenvalue weighted by molar-refractivity contribution is 8.01. The third-order valence-corrected chi connectivity index (χ3v) is 7.28. The molecule has 106 valence electrons. The topological polar surface area (TPSA) is 98.5 Å². The minimum absolute atomic E-state index is 0.170. The molecule has 2 fully saturated rings. The molecule has 1 aliphatic carbocycles. The van der Waals surface area contributed by atoms with E-state index in [1.165, 1.54) is 11.8 Å². The number of thioether (sulfide) groups is 1. The fourth-order valence-electron chi connectivity index (χ4n) is 2.26. The molecule has 0 amide bonds. The van der Waals surface area contributed by atoms with Crippen molar-refractivity contribution in [3.05, 3.63) is 0 Å². The lowest BCUT2D eigenvalue weighted by Gasteiger charge is -2.28. The van der Waals surface area contributed by atoms with Gasteiger partial charge in [-0.15, -0.1) is 11.8 Å². The summed E-state index contributed by atoms with van der Waals surface area (Å²) in [5, 5.41) is 16.7. The van der Waals surface area contributed by atoms with E-state index >= 15 is 0 Å². The van der Waals surface area contributed by atoms with Gasteiger partial charge in [0.05, 0.1) is 11.4 Å². The van der Waals surface area contributed by atoms with Crippen LogP contribution in [0.3, 0.4) is 0 Å². The summed E-state index contributed by atoms with van der Waals surface area (Å²) in [6.45, 7) is 1.62. The van der Waals surface area contributed by atoms with Crippen LogP contribution in [0.5, 0.6) is 0 Å². The van der Waals surface area contributed by atoms with Gasteiger partial charge in [-0.2, -0.15) is 9.57 Å². The minimum Gasteiger partial charge on any atom is -0.480 e. The molecule has 1 saturated heterocycles. The van der Waals surface area contributed by atoms with Gasteiger partial charge in [-0.3, -0.25) is 4.79 Å². The molecule has 3 atom stereocenters. The summed E-state index contributed by atoms with van der Waals surface area (Å²) < 4.78 is 26.1. The highest BCUT2D eigenvalue weighted by Crippen LogP contribution is 2.47. The average molecular weight is 304 g/mol. The Labute approximate surface area is 116 Å². The monoisotopic (exact) mass is 304 g/mol. The first-order chi connectivity index (χ1) is 8.93. The van der Waals surface area contributed by atoms with Gasteiger partial charge < -0.3 is 5.11 Å². The van der Waals surface area contributed by atoms with Gasteiger partial charge in [0, 0.05) is 5.75 Å². The Hall–Kier alpha value is -0.780. The Morgan fingerprint density at radius 1 is 1.58 bits per heavy atom. The quantitative estimate of drug-likeness (QED) is 0.808. The molecule has 1 saturated carbocycles. The summed E-state index contributed by atoms with van der Waals surface area (Å²) >= 11 is 1.38. The molecule has 1 aliphatic heterocycles. The Balaban J connectivity index is 2.35. The molecule has 19 heavy (non-hydrogen) atoms. The molecule has 2 rings (SSSR count). The van der Waals surface area contributed by atoms with E-state index < -0.39 is 27.3 Å². The molecule has 1 N–H and O–H groups in total. The number of carboxylic acid groups (broad SMARTS) is 1. The van der Waals surface area contributed by atoms with E-state index in [0.717, 1.165) is 17.1 Å². The number of carbonyl (C=O) groups is 1. The summed E-state index contributed by atoms with van der Waals surface area (Å²) in [7, 11) is -3.88. The molecule has 0 bridgehead atoms. The molecule has 2 aliphatic rings. The van der Waals surface area contributed by atoms with Gasteiger partial charge in [-0.25, -0.2) is 8.42 Å². The molecular formula is C11H16N2O4S2. The Kier molecular flexibility index (Phi) is 4.08. The highest BCUT2D eigenvalue weighted by atomic mass is 32.2. The standard InChI is InChI=1S/C11H16N2O4S2/c1-2-8(5-12)19(16,17)13-9(11(14)15)6-18-10(13)7-3-4-7/h7-10H,2-4,6H2,1H3,(H,14,15). The molecule has 0 aromatic rings. The van der Waals surface area contributed by atoms with E-state index in [1.54, 1.807) is 13.0 Å². The fourth-order valence-corrected chi connectivity index (χ4v) is 6.24. The van der Waals surface area contributed by atoms with Crippen LogP contribution in [-0.4, -0.2) is 46.2 Å². The van der Waals surface area contributed by atoms with Crippen LogP contribution in [0.2, 0.25) is 0 Å². The number of nitrogens with zero attached hydrogens (tertiary/aromatic N) is 2. The lowest BCUT2D eigenvalue weighted by atomic mass is 10.3. The third kappa shape index (κ3) is 2.59. The van der Waals surface area contributed by atoms with Crippen LogP contribution in [-0.2, 0) is 14.8 Å². The summed E-state index contributed by atoms with van der Waals surface area (Å²) in [4.78, 5) is 11.2. The highest BCUT2D eigenvalue weighted by Gasteiger charge is 2.52. The summed E-state index contributed by atoms with van der Waals surface area (Å²) in [6.07, 6.45) is 2.03. The zero-order valence-corrected chi connectivity index (χ0v) is 12.2. The van der Waals surface area contributed by atoms with Crippen molar-refractivity contribution in [2.45, 2.75) is 42.9 Å². The van der Waals surface area contributed by atoms with Crippen LogP contribution < -0.4 is 0 Å². The number of hydrogen-bond acceptors (Lipinski definition) is 5. The number of carboxylic acids is 1. The zero-order chi connectivity index (χ0) is 14.2. The molecule has 8 heteroatoms. The number of aliphatic carboxylic acids is 1. The Morgan fingerprint density at radius 2 is 2.21 bits per heavy atom. The van der Waals surface area contributed by atoms with Crippen molar-refractivity contribution in [2.75, 3.05) is 5.75 Å². The molecule has 0 spiro atoms. The lowest BCUT2D eigenvalue weighted by Crippen LogP contribution is -2.49. The first-order valence-electron chi connectivity index (χ1n) is 6.19. The molecule has 0 aromatic heterocycles. The van der Waals surface area contributed by atoms with E-state index in [1.807, 2.05) is 0 Å². The van der Waals surface area contributed by atoms with Crippen LogP contribution in [0, 0.1) is 17.2 Å². The van der Waals surface area contributed by atoms with Crippen LogP contribution in [0.4, 0.5) is 0 Å². The molecule has 0 radical (unpaired) electrons. The SMILES string of the molecule is CCC(C#N)S(=O)(=O)N1C(C(=O)O)CSC1C1CC1. The number of sulfonamides is 1. The van der Waals surface area contributed by atoms with Gasteiger partial charge in [0.2, 0.25) is 10.0 Å². The van der Waals surface area contributed by atoms with Crippen molar-refractivity contribution in [3.63, 3.8) is 0 Å². The maximum absolute atomic E-state index is 12.5. The van der Waals surface area contributed by atoms with Crippen LogP contribution >= 0.6 is 11.8 Å². The first kappa shape index (κ1) is 14.6. The van der Waals surface area contributed by atoms with E-state index in [-0.39, 0.29) is 23.5 Å². The van der Waals surface area contributed by atoms with E-state index in [0.29, 0.717) is 0 Å². The van der Waals surface area contributed by atoms with Gasteiger partial charge in [-0.1, -0.05) is 6.92 Å². The van der Waals surface area contributed by atoms with Crippen molar-refractivity contribution >= 4 is 27.8 Å². The second-order valence-corrected chi connectivity index (χ2v) is 7.99. The number of hydrogen-bond donors (Lipinski definition) is 1. The molecule has 1 heterocycles. The summed E-state index contributed by atoms with van der Waals surface area (Å²) in [5.41, 5.74) is 0. The first-order valence-corrected chi connectivity index (χ1v) is 8.75. The van der Waals surface area contributed by atoms with Crippen molar-refractivity contribution in [1.82, 2.24) is 4.31 Å². The van der Waals surface area contributed by atoms with Gasteiger partial charge in [0.15, 0.2) is 5.25 Å². The largest absolute Gasteiger partial charge is 0.480 e. The molecule has 6 nitrogen and oxygen atoms in total. The van der Waals surface area contributed by atoms with E-state index in [9.17, 15) is 18.3 Å². The normalized spacial score (nSPS) is 29.9. The van der Waals surface area contributed by atoms with E-state index in [4.69, 9.17) is 5.26 Å². The van der Waals surface area contributed by atoms with E-state index in [2.05, 4.69) is 0 Å². The predicted molar refractivity (Wildman–Crippen MR) is 70.8 cm³/mol. The molecule has 3 unspecified atom stereocenters. The third-order valence-electron chi connectivity index (χ3n) is 3.46. The lowest BCUT2D eigenvalue weighted by molar-refractivity contribution is -0.140. The molecule has 0 aromatic carbocycles. The van der Waals surface area contributed by atoms with Crippen molar-refractivity contribution in [1.29, 1.82) is 5.26 Å². The summed E-state index contributed by atoms with van der Waals surface area (Å²) in [5.74, 6) is -0.634. The zero-order valence-electron chi connectivity index (χ0n) is 10.5. The van der Waals surface area contributed by atoms with Crippen molar-refractivity contribution < 1.29 is 18.3 Å². The Morgan fingerprint density at radius 3 is 2.63 bits per heavy atom. The second kappa shape index (κ2) is 5.31. The minimum atomic E-state index is -3.88. The van der Waals surface area contributed by atoms with Crippen molar-refractivity contribution in [3.8, 4) is 6.07 Å².